The Bertz CT molecular complexity index is 290. The molecule has 0 bridgehead atoms. The van der Waals surface area contributed by atoms with E-state index in [1.54, 1.807) is 18.4 Å². The number of aryl methyl sites for hydroxylation is 1. The molecule has 0 saturated heterocycles. The predicted octanol–water partition coefficient (Wildman–Crippen LogP) is 1.92. The molecule has 0 aliphatic rings. The molecule has 0 fully saturated rings. The third kappa shape index (κ3) is 3.85. The summed E-state index contributed by atoms with van der Waals surface area (Å²) in [6.45, 7) is 6.96. The van der Waals surface area contributed by atoms with E-state index in [2.05, 4.69) is 29.4 Å². The maximum atomic E-state index is 5.14. The normalized spacial score (nSPS) is 15.2. The van der Waals surface area contributed by atoms with E-state index in [1.807, 2.05) is 6.92 Å². The first-order valence-electron chi connectivity index (χ1n) is 5.22. The minimum absolute atomic E-state index is 0.247. The highest BCUT2D eigenvalue weighted by Crippen LogP contribution is 2.17. The van der Waals surface area contributed by atoms with Crippen LogP contribution in [0.5, 0.6) is 0 Å². The lowest BCUT2D eigenvalue weighted by Crippen LogP contribution is -2.34. The van der Waals surface area contributed by atoms with Crippen LogP contribution in [0.2, 0.25) is 0 Å². The minimum Gasteiger partial charge on any atom is -0.383 e. The maximum Gasteiger partial charge on any atom is 0.134 e. The summed E-state index contributed by atoms with van der Waals surface area (Å²) in [5, 5.41) is 13.7. The summed E-state index contributed by atoms with van der Waals surface area (Å²) in [5.74, 6) is 0. The van der Waals surface area contributed by atoms with Gasteiger partial charge < -0.3 is 10.1 Å². The van der Waals surface area contributed by atoms with Crippen LogP contribution >= 0.6 is 11.3 Å². The van der Waals surface area contributed by atoms with Crippen molar-refractivity contribution in [1.29, 1.82) is 0 Å². The van der Waals surface area contributed by atoms with Crippen LogP contribution in [0, 0.1) is 6.92 Å². The first-order valence-corrected chi connectivity index (χ1v) is 6.04. The van der Waals surface area contributed by atoms with Crippen molar-refractivity contribution in [2.75, 3.05) is 13.7 Å². The zero-order valence-corrected chi connectivity index (χ0v) is 10.6. The molecule has 4 nitrogen and oxygen atoms in total. The molecule has 1 rings (SSSR count). The van der Waals surface area contributed by atoms with E-state index in [0.717, 1.165) is 23.0 Å². The van der Waals surface area contributed by atoms with Crippen molar-refractivity contribution in [3.05, 3.63) is 10.0 Å². The molecule has 5 heteroatoms. The third-order valence-electron chi connectivity index (χ3n) is 2.26. The van der Waals surface area contributed by atoms with E-state index < -0.39 is 0 Å². The van der Waals surface area contributed by atoms with Crippen LogP contribution in [0.1, 0.15) is 36.3 Å². The van der Waals surface area contributed by atoms with E-state index in [9.17, 15) is 0 Å². The zero-order valence-electron chi connectivity index (χ0n) is 9.78. The molecular formula is C10H19N3OS. The smallest absolute Gasteiger partial charge is 0.134 e. The molecular weight excluding hydrogens is 210 g/mol. The second kappa shape index (κ2) is 6.15. The molecule has 0 amide bonds. The monoisotopic (exact) mass is 229 g/mol. The second-order valence-corrected chi connectivity index (χ2v) is 4.82. The summed E-state index contributed by atoms with van der Waals surface area (Å²) in [6.07, 6.45) is 1.05. The number of rotatable bonds is 6. The molecule has 2 atom stereocenters. The van der Waals surface area contributed by atoms with Gasteiger partial charge in [0.15, 0.2) is 0 Å². The molecule has 0 radical (unpaired) electrons. The van der Waals surface area contributed by atoms with Crippen molar-refractivity contribution < 1.29 is 4.74 Å². The fourth-order valence-corrected chi connectivity index (χ4v) is 2.11. The van der Waals surface area contributed by atoms with Crippen LogP contribution in [-0.4, -0.2) is 30.0 Å². The second-order valence-electron chi connectivity index (χ2n) is 3.61. The van der Waals surface area contributed by atoms with Crippen molar-refractivity contribution in [2.24, 2.45) is 0 Å². The van der Waals surface area contributed by atoms with Crippen molar-refractivity contribution in [3.63, 3.8) is 0 Å². The van der Waals surface area contributed by atoms with Crippen LogP contribution in [0.4, 0.5) is 0 Å². The van der Waals surface area contributed by atoms with Gasteiger partial charge in [-0.1, -0.05) is 6.92 Å². The molecule has 15 heavy (non-hydrogen) atoms. The Morgan fingerprint density at radius 1 is 1.47 bits per heavy atom. The van der Waals surface area contributed by atoms with E-state index in [1.165, 1.54) is 0 Å². The lowest BCUT2D eigenvalue weighted by molar-refractivity contribution is 0.159. The average molecular weight is 229 g/mol. The highest BCUT2D eigenvalue weighted by atomic mass is 32.1. The van der Waals surface area contributed by atoms with Gasteiger partial charge in [0.25, 0.3) is 0 Å². The van der Waals surface area contributed by atoms with Crippen LogP contribution < -0.4 is 5.32 Å². The standard InChI is InChI=1S/C10H19N3OS/c1-5-9(6-14-4)11-7(2)10-13-12-8(3)15-10/h7,9,11H,5-6H2,1-4H3. The Hall–Kier alpha value is -0.520. The largest absolute Gasteiger partial charge is 0.383 e. The molecule has 0 spiro atoms. The number of methoxy groups -OCH3 is 1. The van der Waals surface area contributed by atoms with Gasteiger partial charge in [0.2, 0.25) is 0 Å². The fourth-order valence-electron chi connectivity index (χ4n) is 1.40. The quantitative estimate of drug-likeness (QED) is 0.809. The molecule has 2 unspecified atom stereocenters. The summed E-state index contributed by atoms with van der Waals surface area (Å²) in [7, 11) is 1.73. The SMILES string of the molecule is CCC(COC)NC(C)c1nnc(C)s1. The van der Waals surface area contributed by atoms with Gasteiger partial charge in [0.05, 0.1) is 12.6 Å². The van der Waals surface area contributed by atoms with Crippen LogP contribution in [0.15, 0.2) is 0 Å². The molecule has 0 saturated carbocycles. The van der Waals surface area contributed by atoms with E-state index in [0.29, 0.717) is 6.04 Å². The van der Waals surface area contributed by atoms with Crippen molar-refractivity contribution in [1.82, 2.24) is 15.5 Å². The summed E-state index contributed by atoms with van der Waals surface area (Å²) in [6, 6.07) is 0.630. The first kappa shape index (κ1) is 12.5. The highest BCUT2D eigenvalue weighted by molar-refractivity contribution is 7.11. The van der Waals surface area contributed by atoms with Gasteiger partial charge >= 0.3 is 0 Å². The summed E-state index contributed by atoms with van der Waals surface area (Å²) >= 11 is 1.64. The number of hydrogen-bond acceptors (Lipinski definition) is 5. The van der Waals surface area contributed by atoms with E-state index in [4.69, 9.17) is 4.74 Å². The fraction of sp³-hybridized carbons (Fsp3) is 0.800. The molecule has 1 aromatic rings. The summed E-state index contributed by atoms with van der Waals surface area (Å²) < 4.78 is 5.14. The number of nitrogens with zero attached hydrogens (tertiary/aromatic N) is 2. The molecule has 1 N–H and O–H groups in total. The van der Waals surface area contributed by atoms with Crippen LogP contribution in [0.3, 0.4) is 0 Å². The Balaban J connectivity index is 2.50. The van der Waals surface area contributed by atoms with Crippen molar-refractivity contribution in [3.8, 4) is 0 Å². The van der Waals surface area contributed by atoms with Gasteiger partial charge in [-0.2, -0.15) is 0 Å². The van der Waals surface area contributed by atoms with Gasteiger partial charge in [0.1, 0.15) is 10.0 Å². The lowest BCUT2D eigenvalue weighted by atomic mass is 10.2. The van der Waals surface area contributed by atoms with Crippen molar-refractivity contribution >= 4 is 11.3 Å². The van der Waals surface area contributed by atoms with Crippen molar-refractivity contribution in [2.45, 2.75) is 39.3 Å². The number of hydrogen-bond donors (Lipinski definition) is 1. The zero-order chi connectivity index (χ0) is 11.3. The molecule has 0 aliphatic heterocycles. The highest BCUT2D eigenvalue weighted by Gasteiger charge is 2.14. The Morgan fingerprint density at radius 3 is 2.67 bits per heavy atom. The molecule has 1 heterocycles. The lowest BCUT2D eigenvalue weighted by Gasteiger charge is -2.19. The molecule has 0 aromatic carbocycles. The number of nitrogens with one attached hydrogen (secondary N) is 1. The maximum absolute atomic E-state index is 5.14. The van der Waals surface area contributed by atoms with Gasteiger partial charge in [-0.05, 0) is 20.3 Å². The summed E-state index contributed by atoms with van der Waals surface area (Å²) in [4.78, 5) is 0. The molecule has 0 aliphatic carbocycles. The van der Waals surface area contributed by atoms with Gasteiger partial charge in [-0.3, -0.25) is 0 Å². The first-order chi connectivity index (χ1) is 7.17. The predicted molar refractivity (Wildman–Crippen MR) is 62.2 cm³/mol. The molecule has 1 aromatic heterocycles. The Morgan fingerprint density at radius 2 is 2.20 bits per heavy atom. The number of ether oxygens (including phenoxy) is 1. The number of aromatic nitrogens is 2. The Kier molecular flexibility index (Phi) is 5.14. The van der Waals surface area contributed by atoms with E-state index >= 15 is 0 Å². The molecule has 86 valence electrons. The average Bonchev–Trinajstić information content (AvgIpc) is 2.64. The van der Waals surface area contributed by atoms with Crippen LogP contribution in [-0.2, 0) is 4.74 Å². The van der Waals surface area contributed by atoms with Gasteiger partial charge in [-0.15, -0.1) is 21.5 Å². The topological polar surface area (TPSA) is 47.0 Å². The van der Waals surface area contributed by atoms with Crippen LogP contribution in [0.25, 0.3) is 0 Å². The van der Waals surface area contributed by atoms with Gasteiger partial charge in [-0.25, -0.2) is 0 Å². The van der Waals surface area contributed by atoms with Gasteiger partial charge in [0, 0.05) is 13.2 Å². The Labute approximate surface area is 95.1 Å². The third-order valence-corrected chi connectivity index (χ3v) is 3.28. The van der Waals surface area contributed by atoms with E-state index in [-0.39, 0.29) is 6.04 Å². The minimum atomic E-state index is 0.247. The summed E-state index contributed by atoms with van der Waals surface area (Å²) in [5.41, 5.74) is 0.